The summed E-state index contributed by atoms with van der Waals surface area (Å²) in [6, 6.07) is 11.3. The van der Waals surface area contributed by atoms with E-state index >= 15 is 0 Å². The minimum Gasteiger partial charge on any atom is -0.494 e. The van der Waals surface area contributed by atoms with E-state index in [1.807, 2.05) is 0 Å². The molecule has 2 aromatic carbocycles. The minimum absolute atomic E-state index is 0.0116. The number of amides is 2. The van der Waals surface area contributed by atoms with Crippen LogP contribution in [0.3, 0.4) is 0 Å². The molecule has 1 fully saturated rings. The van der Waals surface area contributed by atoms with Crippen LogP contribution < -0.4 is 15.0 Å². The average molecular weight is 314 g/mol. The molecule has 118 valence electrons. The van der Waals surface area contributed by atoms with Crippen molar-refractivity contribution in [1.29, 1.82) is 0 Å². The van der Waals surface area contributed by atoms with Crippen LogP contribution in [0, 0.1) is 5.82 Å². The Kier molecular flexibility index (Phi) is 3.97. The third-order valence-electron chi connectivity index (χ3n) is 3.69. The lowest BCUT2D eigenvalue weighted by Crippen LogP contribution is -2.43. The van der Waals surface area contributed by atoms with E-state index in [9.17, 15) is 14.0 Å². The van der Waals surface area contributed by atoms with Crippen molar-refractivity contribution in [2.24, 2.45) is 0 Å². The zero-order chi connectivity index (χ0) is 16.4. The van der Waals surface area contributed by atoms with Gasteiger partial charge in [-0.2, -0.15) is 0 Å². The molecule has 1 aliphatic heterocycles. The molecular weight excluding hydrogens is 299 g/mol. The third-order valence-corrected chi connectivity index (χ3v) is 3.69. The molecule has 0 unspecified atom stereocenters. The smallest absolute Gasteiger partial charge is 0.258 e. The molecule has 0 atom stereocenters. The number of rotatable bonds is 4. The summed E-state index contributed by atoms with van der Waals surface area (Å²) in [5.41, 5.74) is 1.11. The average Bonchev–Trinajstić information content (AvgIpc) is 2.54. The van der Waals surface area contributed by atoms with Gasteiger partial charge in [0.05, 0.1) is 12.7 Å². The highest BCUT2D eigenvalue weighted by Crippen LogP contribution is 2.26. The molecule has 0 spiro atoms. The molecule has 0 radical (unpaired) electrons. The van der Waals surface area contributed by atoms with Crippen LogP contribution >= 0.6 is 0 Å². The van der Waals surface area contributed by atoms with Crippen LogP contribution in [-0.4, -0.2) is 25.5 Å². The first-order chi connectivity index (χ1) is 11.1. The van der Waals surface area contributed by atoms with Crippen LogP contribution in [-0.2, 0) is 4.79 Å². The van der Waals surface area contributed by atoms with Crippen molar-refractivity contribution in [1.82, 2.24) is 0 Å². The Bertz CT molecular complexity index is 776. The van der Waals surface area contributed by atoms with Crippen molar-refractivity contribution in [2.45, 2.75) is 6.42 Å². The number of halogens is 1. The highest BCUT2D eigenvalue weighted by Gasteiger charge is 2.25. The van der Waals surface area contributed by atoms with Gasteiger partial charge < -0.3 is 15.0 Å². The van der Waals surface area contributed by atoms with E-state index in [4.69, 9.17) is 4.74 Å². The first-order valence-corrected chi connectivity index (χ1v) is 7.14. The summed E-state index contributed by atoms with van der Waals surface area (Å²) in [4.78, 5) is 25.3. The van der Waals surface area contributed by atoms with E-state index < -0.39 is 11.7 Å². The van der Waals surface area contributed by atoms with E-state index in [-0.39, 0.29) is 17.2 Å². The Labute approximate surface area is 132 Å². The molecule has 6 heteroatoms. The number of benzene rings is 2. The van der Waals surface area contributed by atoms with Crippen molar-refractivity contribution in [2.75, 3.05) is 23.9 Å². The van der Waals surface area contributed by atoms with E-state index in [1.165, 1.54) is 19.2 Å². The Balaban J connectivity index is 1.81. The number of carbonyl (C=O) groups is 2. The molecule has 0 saturated carbocycles. The van der Waals surface area contributed by atoms with Gasteiger partial charge in [0.2, 0.25) is 5.91 Å². The summed E-state index contributed by atoms with van der Waals surface area (Å²) in [7, 11) is 1.34. The SMILES string of the molecule is COc1cccc(C(=O)Nc2cccc(N3CCC3=O)c2)c1F. The number of nitrogens with zero attached hydrogens (tertiary/aromatic N) is 1. The lowest BCUT2D eigenvalue weighted by molar-refractivity contribution is -0.122. The van der Waals surface area contributed by atoms with E-state index in [1.54, 1.807) is 35.2 Å². The van der Waals surface area contributed by atoms with Gasteiger partial charge in [0.1, 0.15) is 0 Å². The monoisotopic (exact) mass is 314 g/mol. The fourth-order valence-electron chi connectivity index (χ4n) is 2.38. The highest BCUT2D eigenvalue weighted by molar-refractivity contribution is 6.05. The number of ether oxygens (including phenoxy) is 1. The summed E-state index contributed by atoms with van der Waals surface area (Å²) in [6.45, 7) is 0.667. The number of β-lactam (4-membered cyclic amide) rings is 1. The second-order valence-electron chi connectivity index (χ2n) is 5.12. The Hall–Kier alpha value is -2.89. The summed E-state index contributed by atoms with van der Waals surface area (Å²) in [6.07, 6.45) is 0.533. The molecule has 1 saturated heterocycles. The molecule has 0 bridgehead atoms. The standard InChI is InChI=1S/C17H15FN2O3/c1-23-14-7-3-6-13(16(14)18)17(22)19-11-4-2-5-12(10-11)20-9-8-15(20)21/h2-7,10H,8-9H2,1H3,(H,19,22). The Morgan fingerprint density at radius 3 is 2.70 bits per heavy atom. The lowest BCUT2D eigenvalue weighted by Gasteiger charge is -2.30. The number of methoxy groups -OCH3 is 1. The van der Waals surface area contributed by atoms with Crippen LogP contribution in [0.4, 0.5) is 15.8 Å². The van der Waals surface area contributed by atoms with E-state index in [2.05, 4.69) is 5.32 Å². The van der Waals surface area contributed by atoms with Gasteiger partial charge in [-0.3, -0.25) is 9.59 Å². The Morgan fingerprint density at radius 1 is 1.26 bits per heavy atom. The van der Waals surface area contributed by atoms with Gasteiger partial charge in [0.25, 0.3) is 5.91 Å². The largest absolute Gasteiger partial charge is 0.494 e. The highest BCUT2D eigenvalue weighted by atomic mass is 19.1. The molecule has 5 nitrogen and oxygen atoms in total. The number of hydrogen-bond donors (Lipinski definition) is 1. The predicted molar refractivity (Wildman–Crippen MR) is 84.3 cm³/mol. The Morgan fingerprint density at radius 2 is 2.04 bits per heavy atom. The fraction of sp³-hybridized carbons (Fsp3) is 0.176. The second kappa shape index (κ2) is 6.08. The number of nitrogens with one attached hydrogen (secondary N) is 1. The lowest BCUT2D eigenvalue weighted by atomic mass is 10.1. The maximum absolute atomic E-state index is 14.1. The first-order valence-electron chi connectivity index (χ1n) is 7.14. The molecular formula is C17H15FN2O3. The summed E-state index contributed by atoms with van der Waals surface area (Å²) in [5.74, 6) is -1.22. The van der Waals surface area contributed by atoms with Crippen molar-refractivity contribution in [3.05, 3.63) is 53.8 Å². The number of carbonyl (C=O) groups excluding carboxylic acids is 2. The molecule has 3 rings (SSSR count). The molecule has 1 N–H and O–H groups in total. The van der Waals surface area contributed by atoms with Crippen molar-refractivity contribution >= 4 is 23.2 Å². The summed E-state index contributed by atoms with van der Waals surface area (Å²) < 4.78 is 19.0. The van der Waals surface area contributed by atoms with Gasteiger partial charge in [-0.1, -0.05) is 12.1 Å². The normalized spacial score (nSPS) is 13.5. The topological polar surface area (TPSA) is 58.6 Å². The molecule has 0 aromatic heterocycles. The second-order valence-corrected chi connectivity index (χ2v) is 5.12. The van der Waals surface area contributed by atoms with Crippen LogP contribution in [0.5, 0.6) is 5.75 Å². The predicted octanol–water partition coefficient (Wildman–Crippen LogP) is 2.82. The van der Waals surface area contributed by atoms with Gasteiger partial charge in [-0.25, -0.2) is 4.39 Å². The van der Waals surface area contributed by atoms with Crippen molar-refractivity contribution in [3.63, 3.8) is 0 Å². The van der Waals surface area contributed by atoms with E-state index in [0.717, 1.165) is 0 Å². The van der Waals surface area contributed by atoms with Crippen LogP contribution in [0.25, 0.3) is 0 Å². The molecule has 0 aliphatic carbocycles. The van der Waals surface area contributed by atoms with Gasteiger partial charge in [0, 0.05) is 24.3 Å². The van der Waals surface area contributed by atoms with Gasteiger partial charge in [-0.15, -0.1) is 0 Å². The molecule has 2 amide bonds. The van der Waals surface area contributed by atoms with Crippen LogP contribution in [0.15, 0.2) is 42.5 Å². The summed E-state index contributed by atoms with van der Waals surface area (Å²) >= 11 is 0. The zero-order valence-corrected chi connectivity index (χ0v) is 12.5. The van der Waals surface area contributed by atoms with Gasteiger partial charge in [-0.05, 0) is 30.3 Å². The number of hydrogen-bond acceptors (Lipinski definition) is 3. The third kappa shape index (κ3) is 2.88. The summed E-state index contributed by atoms with van der Waals surface area (Å²) in [5, 5.41) is 2.64. The first kappa shape index (κ1) is 15.0. The molecule has 1 aliphatic rings. The molecule has 2 aromatic rings. The van der Waals surface area contributed by atoms with Gasteiger partial charge >= 0.3 is 0 Å². The van der Waals surface area contributed by atoms with Crippen LogP contribution in [0.2, 0.25) is 0 Å². The molecule has 1 heterocycles. The van der Waals surface area contributed by atoms with Crippen LogP contribution in [0.1, 0.15) is 16.8 Å². The quantitative estimate of drug-likeness (QED) is 0.883. The number of anilines is 2. The van der Waals surface area contributed by atoms with Crippen molar-refractivity contribution in [3.8, 4) is 5.75 Å². The van der Waals surface area contributed by atoms with Gasteiger partial charge in [0.15, 0.2) is 11.6 Å². The fourth-order valence-corrected chi connectivity index (χ4v) is 2.38. The van der Waals surface area contributed by atoms with Crippen molar-refractivity contribution < 1.29 is 18.7 Å². The van der Waals surface area contributed by atoms with E-state index in [0.29, 0.717) is 24.3 Å². The maximum Gasteiger partial charge on any atom is 0.258 e. The molecule has 23 heavy (non-hydrogen) atoms. The minimum atomic E-state index is -0.707. The maximum atomic E-state index is 14.1. The zero-order valence-electron chi connectivity index (χ0n) is 12.5.